The number of esters is 1. The predicted octanol–water partition coefficient (Wildman–Crippen LogP) is 1.85. The highest BCUT2D eigenvalue weighted by Crippen LogP contribution is 2.28. The van der Waals surface area contributed by atoms with Crippen LogP contribution >= 0.6 is 0 Å². The summed E-state index contributed by atoms with van der Waals surface area (Å²) in [6, 6.07) is 0. The number of carbonyl (C=O) groups is 1. The van der Waals surface area contributed by atoms with E-state index in [0.717, 1.165) is 32.2 Å². The number of rotatable bonds is 8. The summed E-state index contributed by atoms with van der Waals surface area (Å²) in [7, 11) is 0. The molecule has 1 saturated carbocycles. The first kappa shape index (κ1) is 11.5. The van der Waals surface area contributed by atoms with E-state index in [2.05, 4.69) is 0 Å². The van der Waals surface area contributed by atoms with Gasteiger partial charge < -0.3 is 10.5 Å². The zero-order chi connectivity index (χ0) is 10.2. The first-order chi connectivity index (χ1) is 6.83. The van der Waals surface area contributed by atoms with Gasteiger partial charge in [0.25, 0.3) is 0 Å². The summed E-state index contributed by atoms with van der Waals surface area (Å²) in [5, 5.41) is 0. The Labute approximate surface area is 86.0 Å². The minimum Gasteiger partial charge on any atom is -0.465 e. The van der Waals surface area contributed by atoms with Crippen LogP contribution in [0.5, 0.6) is 0 Å². The molecule has 1 aliphatic carbocycles. The van der Waals surface area contributed by atoms with Crippen molar-refractivity contribution in [3.8, 4) is 0 Å². The Balaban J connectivity index is 1.81. The fourth-order valence-electron chi connectivity index (χ4n) is 1.33. The third kappa shape index (κ3) is 5.97. The van der Waals surface area contributed by atoms with Gasteiger partial charge in [-0.1, -0.05) is 12.8 Å². The van der Waals surface area contributed by atoms with Gasteiger partial charge in [0.2, 0.25) is 0 Å². The first-order valence-corrected chi connectivity index (χ1v) is 5.68. The SMILES string of the molecule is NCCCCCCC(=O)OCC1CC1. The van der Waals surface area contributed by atoms with Crippen LogP contribution in [0.15, 0.2) is 0 Å². The second-order valence-corrected chi connectivity index (χ2v) is 4.08. The minimum absolute atomic E-state index is 0.0235. The molecule has 1 rings (SSSR count). The van der Waals surface area contributed by atoms with Crippen molar-refractivity contribution in [1.82, 2.24) is 0 Å². The molecule has 3 heteroatoms. The predicted molar refractivity (Wildman–Crippen MR) is 55.8 cm³/mol. The van der Waals surface area contributed by atoms with Crippen molar-refractivity contribution in [3.63, 3.8) is 0 Å². The number of carbonyl (C=O) groups excluding carboxylic acids is 1. The number of ether oxygens (including phenoxy) is 1. The molecule has 0 atom stereocenters. The molecular weight excluding hydrogens is 178 g/mol. The normalized spacial score (nSPS) is 15.5. The number of hydrogen-bond acceptors (Lipinski definition) is 3. The van der Waals surface area contributed by atoms with Crippen LogP contribution in [0.4, 0.5) is 0 Å². The van der Waals surface area contributed by atoms with Gasteiger partial charge in [-0.2, -0.15) is 0 Å². The molecule has 0 aliphatic heterocycles. The molecule has 0 amide bonds. The molecule has 0 saturated heterocycles. The van der Waals surface area contributed by atoms with Crippen LogP contribution in [0, 0.1) is 5.92 Å². The van der Waals surface area contributed by atoms with Gasteiger partial charge in [0.05, 0.1) is 6.61 Å². The minimum atomic E-state index is -0.0235. The monoisotopic (exact) mass is 199 g/mol. The van der Waals surface area contributed by atoms with Crippen molar-refractivity contribution in [2.75, 3.05) is 13.2 Å². The molecule has 82 valence electrons. The molecule has 1 aliphatic rings. The third-order valence-electron chi connectivity index (χ3n) is 2.51. The smallest absolute Gasteiger partial charge is 0.305 e. The highest BCUT2D eigenvalue weighted by atomic mass is 16.5. The molecule has 0 aromatic carbocycles. The summed E-state index contributed by atoms with van der Waals surface area (Å²) in [6.45, 7) is 1.41. The van der Waals surface area contributed by atoms with E-state index < -0.39 is 0 Å². The van der Waals surface area contributed by atoms with Gasteiger partial charge in [-0.3, -0.25) is 4.79 Å². The lowest BCUT2D eigenvalue weighted by atomic mass is 10.1. The summed E-state index contributed by atoms with van der Waals surface area (Å²) < 4.78 is 5.11. The highest BCUT2D eigenvalue weighted by molar-refractivity contribution is 5.69. The molecule has 14 heavy (non-hydrogen) atoms. The average Bonchev–Trinajstić information content (AvgIpc) is 2.98. The Morgan fingerprint density at radius 1 is 1.21 bits per heavy atom. The first-order valence-electron chi connectivity index (χ1n) is 5.68. The average molecular weight is 199 g/mol. The van der Waals surface area contributed by atoms with Gasteiger partial charge in [0.1, 0.15) is 0 Å². The second kappa shape index (κ2) is 6.82. The van der Waals surface area contributed by atoms with Crippen molar-refractivity contribution in [2.45, 2.75) is 44.9 Å². The fourth-order valence-corrected chi connectivity index (χ4v) is 1.33. The molecular formula is C11H21NO2. The van der Waals surface area contributed by atoms with Gasteiger partial charge in [0.15, 0.2) is 0 Å². The van der Waals surface area contributed by atoms with Crippen LogP contribution in [-0.2, 0) is 9.53 Å². The second-order valence-electron chi connectivity index (χ2n) is 4.08. The van der Waals surface area contributed by atoms with E-state index in [-0.39, 0.29) is 5.97 Å². The van der Waals surface area contributed by atoms with Crippen molar-refractivity contribution in [2.24, 2.45) is 11.7 Å². The van der Waals surface area contributed by atoms with Crippen LogP contribution in [0.3, 0.4) is 0 Å². The van der Waals surface area contributed by atoms with Crippen LogP contribution in [0.25, 0.3) is 0 Å². The zero-order valence-corrected chi connectivity index (χ0v) is 8.84. The summed E-state index contributed by atoms with van der Waals surface area (Å²) in [5.74, 6) is 0.654. The quantitative estimate of drug-likeness (QED) is 0.479. The van der Waals surface area contributed by atoms with E-state index in [0.29, 0.717) is 18.9 Å². The molecule has 3 nitrogen and oxygen atoms in total. The molecule has 0 spiro atoms. The van der Waals surface area contributed by atoms with E-state index in [4.69, 9.17) is 10.5 Å². The lowest BCUT2D eigenvalue weighted by Gasteiger charge is -2.03. The summed E-state index contributed by atoms with van der Waals surface area (Å²) in [6.07, 6.45) is 7.30. The Hall–Kier alpha value is -0.570. The van der Waals surface area contributed by atoms with Gasteiger partial charge in [-0.15, -0.1) is 0 Å². The maximum atomic E-state index is 11.2. The van der Waals surface area contributed by atoms with E-state index in [1.165, 1.54) is 12.8 Å². The van der Waals surface area contributed by atoms with Crippen LogP contribution in [0.1, 0.15) is 44.9 Å². The molecule has 0 aromatic rings. The molecule has 0 heterocycles. The Bertz CT molecular complexity index is 167. The number of unbranched alkanes of at least 4 members (excludes halogenated alkanes) is 3. The van der Waals surface area contributed by atoms with E-state index in [1.54, 1.807) is 0 Å². The summed E-state index contributed by atoms with van der Waals surface area (Å²) in [5.41, 5.74) is 5.37. The largest absolute Gasteiger partial charge is 0.465 e. The molecule has 2 N–H and O–H groups in total. The summed E-state index contributed by atoms with van der Waals surface area (Å²) >= 11 is 0. The third-order valence-corrected chi connectivity index (χ3v) is 2.51. The van der Waals surface area contributed by atoms with Gasteiger partial charge in [-0.25, -0.2) is 0 Å². The maximum Gasteiger partial charge on any atom is 0.305 e. The lowest BCUT2D eigenvalue weighted by molar-refractivity contribution is -0.144. The standard InChI is InChI=1S/C11H21NO2/c12-8-4-2-1-3-5-11(13)14-9-10-6-7-10/h10H,1-9,12H2. The summed E-state index contributed by atoms with van der Waals surface area (Å²) in [4.78, 5) is 11.2. The Morgan fingerprint density at radius 2 is 1.93 bits per heavy atom. The van der Waals surface area contributed by atoms with Crippen molar-refractivity contribution >= 4 is 5.97 Å². The van der Waals surface area contributed by atoms with E-state index in [9.17, 15) is 4.79 Å². The van der Waals surface area contributed by atoms with Gasteiger partial charge >= 0.3 is 5.97 Å². The van der Waals surface area contributed by atoms with Crippen molar-refractivity contribution in [1.29, 1.82) is 0 Å². The lowest BCUT2D eigenvalue weighted by Crippen LogP contribution is -2.06. The Kier molecular flexibility index (Phi) is 5.60. The molecule has 0 radical (unpaired) electrons. The van der Waals surface area contributed by atoms with Crippen LogP contribution in [-0.4, -0.2) is 19.1 Å². The Morgan fingerprint density at radius 3 is 2.57 bits per heavy atom. The van der Waals surface area contributed by atoms with E-state index >= 15 is 0 Å². The molecule has 0 bridgehead atoms. The van der Waals surface area contributed by atoms with Crippen molar-refractivity contribution in [3.05, 3.63) is 0 Å². The van der Waals surface area contributed by atoms with Crippen LogP contribution < -0.4 is 5.73 Å². The number of hydrogen-bond donors (Lipinski definition) is 1. The molecule has 0 aromatic heterocycles. The number of nitrogens with two attached hydrogens (primary N) is 1. The maximum absolute atomic E-state index is 11.2. The van der Waals surface area contributed by atoms with Crippen LogP contribution in [0.2, 0.25) is 0 Å². The van der Waals surface area contributed by atoms with Gasteiger partial charge in [0, 0.05) is 6.42 Å². The topological polar surface area (TPSA) is 52.3 Å². The fraction of sp³-hybridized carbons (Fsp3) is 0.909. The molecule has 0 unspecified atom stereocenters. The van der Waals surface area contributed by atoms with Crippen molar-refractivity contribution < 1.29 is 9.53 Å². The van der Waals surface area contributed by atoms with Gasteiger partial charge in [-0.05, 0) is 38.1 Å². The zero-order valence-electron chi connectivity index (χ0n) is 8.84. The van der Waals surface area contributed by atoms with E-state index in [1.807, 2.05) is 0 Å². The molecule has 1 fully saturated rings. The highest BCUT2D eigenvalue weighted by Gasteiger charge is 2.22.